The summed E-state index contributed by atoms with van der Waals surface area (Å²) in [4.78, 5) is 31.9. The van der Waals surface area contributed by atoms with E-state index in [1.165, 1.54) is 12.4 Å². The zero-order valence-electron chi connectivity index (χ0n) is 17.4. The standard InChI is InChI=1S/C19H25FN8O3/c1-22-19(29)27(2)12-7-13(8-12)31-16-14(20)15(11-9-23-17(21)24-10-11)25-18(26-16)28-3-5-30-6-4-28/h9-10,12-13H,3-8H2,1-2H3,(H,22,29)(H2,21,23,24)/t12-,13-. The van der Waals surface area contributed by atoms with Crippen molar-refractivity contribution >= 4 is 17.9 Å². The number of nitrogens with two attached hydrogens (primary N) is 1. The maximum Gasteiger partial charge on any atom is 0.317 e. The Morgan fingerprint density at radius 2 is 1.97 bits per heavy atom. The maximum atomic E-state index is 15.3. The number of aromatic nitrogens is 4. The highest BCUT2D eigenvalue weighted by atomic mass is 19.1. The smallest absolute Gasteiger partial charge is 0.317 e. The highest BCUT2D eigenvalue weighted by Crippen LogP contribution is 2.33. The van der Waals surface area contributed by atoms with E-state index < -0.39 is 5.82 Å². The zero-order chi connectivity index (χ0) is 22.0. The monoisotopic (exact) mass is 432 g/mol. The first kappa shape index (κ1) is 21.0. The molecule has 2 amide bonds. The number of nitrogens with zero attached hydrogens (tertiary/aromatic N) is 6. The molecule has 2 fully saturated rings. The average molecular weight is 432 g/mol. The third-order valence-electron chi connectivity index (χ3n) is 5.48. The lowest BCUT2D eigenvalue weighted by atomic mass is 9.88. The largest absolute Gasteiger partial charge is 0.472 e. The molecule has 1 aliphatic heterocycles. The number of anilines is 2. The minimum Gasteiger partial charge on any atom is -0.472 e. The van der Waals surface area contributed by atoms with Gasteiger partial charge in [-0.25, -0.2) is 19.7 Å². The predicted octanol–water partition coefficient (Wildman–Crippen LogP) is 0.672. The van der Waals surface area contributed by atoms with Crippen molar-refractivity contribution in [3.63, 3.8) is 0 Å². The van der Waals surface area contributed by atoms with Crippen molar-refractivity contribution < 1.29 is 18.7 Å². The molecule has 11 nitrogen and oxygen atoms in total. The molecule has 0 aromatic carbocycles. The first-order chi connectivity index (χ1) is 15.0. The number of rotatable bonds is 5. The second-order valence-electron chi connectivity index (χ2n) is 7.45. The van der Waals surface area contributed by atoms with Crippen molar-refractivity contribution in [2.75, 3.05) is 51.0 Å². The second-order valence-corrected chi connectivity index (χ2v) is 7.45. The van der Waals surface area contributed by atoms with Crippen LogP contribution in [0.5, 0.6) is 5.88 Å². The fraction of sp³-hybridized carbons (Fsp3) is 0.526. The lowest BCUT2D eigenvalue weighted by Crippen LogP contribution is -2.52. The number of carbonyl (C=O) groups is 1. The molecule has 31 heavy (non-hydrogen) atoms. The van der Waals surface area contributed by atoms with Gasteiger partial charge in [-0.15, -0.1) is 0 Å². The Kier molecular flexibility index (Phi) is 5.98. The highest BCUT2D eigenvalue weighted by Gasteiger charge is 2.37. The normalized spacial score (nSPS) is 20.7. The van der Waals surface area contributed by atoms with Gasteiger partial charge in [-0.05, 0) is 0 Å². The molecule has 2 aromatic heterocycles. The summed E-state index contributed by atoms with van der Waals surface area (Å²) in [7, 11) is 3.30. The van der Waals surface area contributed by atoms with Crippen LogP contribution in [0.2, 0.25) is 0 Å². The van der Waals surface area contributed by atoms with Crippen molar-refractivity contribution in [1.29, 1.82) is 0 Å². The zero-order valence-corrected chi connectivity index (χ0v) is 17.4. The SMILES string of the molecule is CNC(=O)N(C)[C@H]1C[C@H](Oc2nc(N3CCOCC3)nc(-c3cnc(N)nc3)c2F)C1. The van der Waals surface area contributed by atoms with E-state index in [2.05, 4.69) is 25.3 Å². The summed E-state index contributed by atoms with van der Waals surface area (Å²) in [5.41, 5.74) is 5.97. The van der Waals surface area contributed by atoms with Gasteiger partial charge in [0.05, 0.1) is 13.2 Å². The van der Waals surface area contributed by atoms with Crippen LogP contribution in [0.3, 0.4) is 0 Å². The Hall–Kier alpha value is -3.28. The highest BCUT2D eigenvalue weighted by molar-refractivity contribution is 5.74. The Balaban J connectivity index is 1.58. The van der Waals surface area contributed by atoms with Crippen molar-refractivity contribution in [1.82, 2.24) is 30.2 Å². The molecule has 0 atom stereocenters. The Labute approximate surface area is 178 Å². The molecule has 0 radical (unpaired) electrons. The quantitative estimate of drug-likeness (QED) is 0.700. The van der Waals surface area contributed by atoms with E-state index in [1.54, 1.807) is 19.0 Å². The molecule has 12 heteroatoms. The molecule has 2 aliphatic rings. The van der Waals surface area contributed by atoms with E-state index in [1.807, 2.05) is 4.90 Å². The number of morpholine rings is 1. The van der Waals surface area contributed by atoms with Gasteiger partial charge >= 0.3 is 6.03 Å². The third kappa shape index (κ3) is 4.43. The number of nitrogen functional groups attached to an aromatic ring is 1. The Morgan fingerprint density at radius 1 is 1.29 bits per heavy atom. The van der Waals surface area contributed by atoms with Crippen molar-refractivity contribution in [3.05, 3.63) is 18.2 Å². The topological polar surface area (TPSA) is 132 Å². The van der Waals surface area contributed by atoms with Gasteiger partial charge in [0.2, 0.25) is 17.7 Å². The number of ether oxygens (including phenoxy) is 2. The van der Waals surface area contributed by atoms with Crippen LogP contribution >= 0.6 is 0 Å². The van der Waals surface area contributed by atoms with E-state index >= 15 is 4.39 Å². The number of halogens is 1. The first-order valence-electron chi connectivity index (χ1n) is 10.1. The summed E-state index contributed by atoms with van der Waals surface area (Å²) in [6.45, 7) is 2.25. The number of carbonyl (C=O) groups excluding carboxylic acids is 1. The molecule has 166 valence electrons. The summed E-state index contributed by atoms with van der Waals surface area (Å²) in [5.74, 6) is -0.378. The Bertz CT molecular complexity index is 932. The van der Waals surface area contributed by atoms with Crippen LogP contribution in [-0.2, 0) is 4.74 Å². The molecule has 3 N–H and O–H groups in total. The van der Waals surface area contributed by atoms with Crippen molar-refractivity contribution in [2.45, 2.75) is 25.0 Å². The van der Waals surface area contributed by atoms with E-state index in [9.17, 15) is 4.79 Å². The molecule has 4 rings (SSSR count). The molecule has 1 saturated carbocycles. The summed E-state index contributed by atoms with van der Waals surface area (Å²) in [6, 6.07) is -0.143. The molecule has 0 unspecified atom stereocenters. The molecule has 0 spiro atoms. The fourth-order valence-electron chi connectivity index (χ4n) is 3.50. The number of nitrogens with one attached hydrogen (secondary N) is 1. The van der Waals surface area contributed by atoms with E-state index in [0.29, 0.717) is 50.7 Å². The van der Waals surface area contributed by atoms with Crippen molar-refractivity contribution in [2.24, 2.45) is 0 Å². The van der Waals surface area contributed by atoms with Crippen molar-refractivity contribution in [3.8, 4) is 17.1 Å². The van der Waals surface area contributed by atoms with E-state index in [4.69, 9.17) is 15.2 Å². The minimum absolute atomic E-state index is 0.0264. The molecule has 1 aliphatic carbocycles. The summed E-state index contributed by atoms with van der Waals surface area (Å²) in [6.07, 6.45) is 3.74. The van der Waals surface area contributed by atoms with Crippen LogP contribution in [0.25, 0.3) is 11.3 Å². The minimum atomic E-state index is -0.687. The average Bonchev–Trinajstić information content (AvgIpc) is 2.77. The summed E-state index contributed by atoms with van der Waals surface area (Å²) >= 11 is 0. The van der Waals surface area contributed by atoms with E-state index in [0.717, 1.165) is 0 Å². The fourth-order valence-corrected chi connectivity index (χ4v) is 3.50. The first-order valence-corrected chi connectivity index (χ1v) is 10.1. The molecule has 1 saturated heterocycles. The lowest BCUT2D eigenvalue weighted by molar-refractivity contribution is 0.0380. The van der Waals surface area contributed by atoms with E-state index in [-0.39, 0.29) is 35.7 Å². The lowest BCUT2D eigenvalue weighted by Gasteiger charge is -2.40. The summed E-state index contributed by atoms with van der Waals surface area (Å²) < 4.78 is 26.6. The molecule has 0 bridgehead atoms. The molecule has 3 heterocycles. The molecular formula is C19H25FN8O3. The van der Waals surface area contributed by atoms with Gasteiger partial charge in [-0.1, -0.05) is 0 Å². The van der Waals surface area contributed by atoms with Gasteiger partial charge in [0.25, 0.3) is 5.88 Å². The van der Waals surface area contributed by atoms with Gasteiger partial charge < -0.3 is 30.3 Å². The number of hydrogen-bond acceptors (Lipinski definition) is 9. The van der Waals surface area contributed by atoms with Crippen LogP contribution in [0.4, 0.5) is 21.1 Å². The van der Waals surface area contributed by atoms with Crippen LogP contribution in [0.1, 0.15) is 12.8 Å². The second kappa shape index (κ2) is 8.84. The van der Waals surface area contributed by atoms with Gasteiger partial charge in [-0.3, -0.25) is 0 Å². The third-order valence-corrected chi connectivity index (χ3v) is 5.48. The van der Waals surface area contributed by atoms with Crippen LogP contribution < -0.4 is 20.7 Å². The number of urea groups is 1. The van der Waals surface area contributed by atoms with Crippen LogP contribution in [0.15, 0.2) is 12.4 Å². The number of hydrogen-bond donors (Lipinski definition) is 2. The summed E-state index contributed by atoms with van der Waals surface area (Å²) in [5, 5.41) is 2.59. The van der Waals surface area contributed by atoms with Gasteiger partial charge in [0.15, 0.2) is 0 Å². The predicted molar refractivity (Wildman–Crippen MR) is 110 cm³/mol. The van der Waals surface area contributed by atoms with Crippen LogP contribution in [-0.4, -0.2) is 83.4 Å². The molecular weight excluding hydrogens is 407 g/mol. The molecule has 2 aromatic rings. The maximum absolute atomic E-state index is 15.3. The van der Waals surface area contributed by atoms with Gasteiger partial charge in [0.1, 0.15) is 11.8 Å². The number of amides is 2. The van der Waals surface area contributed by atoms with Crippen LogP contribution in [0, 0.1) is 5.82 Å². The Morgan fingerprint density at radius 3 is 2.61 bits per heavy atom. The van der Waals surface area contributed by atoms with Gasteiger partial charge in [-0.2, -0.15) is 9.37 Å². The van der Waals surface area contributed by atoms with Gasteiger partial charge in [0, 0.05) is 64.0 Å².